The van der Waals surface area contributed by atoms with Gasteiger partial charge in [0.15, 0.2) is 0 Å². The summed E-state index contributed by atoms with van der Waals surface area (Å²) < 4.78 is 0. The van der Waals surface area contributed by atoms with E-state index in [1.807, 2.05) is 7.05 Å². The first kappa shape index (κ1) is 15.9. The fraction of sp³-hybridized carbons (Fsp3) is 0.846. The molecule has 1 rings (SSSR count). The van der Waals surface area contributed by atoms with E-state index in [2.05, 4.69) is 10.2 Å². The second-order valence-electron chi connectivity index (χ2n) is 5.33. The summed E-state index contributed by atoms with van der Waals surface area (Å²) in [5, 5.41) is 11.2. The summed E-state index contributed by atoms with van der Waals surface area (Å²) in [6.07, 6.45) is 4.71. The van der Waals surface area contributed by atoms with Gasteiger partial charge in [-0.1, -0.05) is 0 Å². The Morgan fingerprint density at radius 3 is 2.53 bits per heavy atom. The van der Waals surface area contributed by atoms with E-state index in [-0.39, 0.29) is 12.3 Å². The van der Waals surface area contributed by atoms with Crippen LogP contribution in [0.5, 0.6) is 0 Å². The van der Waals surface area contributed by atoms with E-state index in [0.29, 0.717) is 31.6 Å². The van der Waals surface area contributed by atoms with Crippen LogP contribution in [-0.4, -0.2) is 54.1 Å². The van der Waals surface area contributed by atoms with Crippen molar-refractivity contribution in [3.05, 3.63) is 0 Å². The van der Waals surface area contributed by atoms with Gasteiger partial charge in [-0.3, -0.25) is 14.5 Å². The summed E-state index contributed by atoms with van der Waals surface area (Å²) in [7, 11) is 1.96. The highest BCUT2D eigenvalue weighted by Crippen LogP contribution is 2.20. The molecule has 0 atom stereocenters. The molecule has 6 heteroatoms. The lowest BCUT2D eigenvalue weighted by molar-refractivity contribution is -0.137. The average Bonchev–Trinajstić information content (AvgIpc) is 2.35. The maximum atomic E-state index is 11.7. The van der Waals surface area contributed by atoms with E-state index in [0.717, 1.165) is 25.7 Å². The lowest BCUT2D eigenvalue weighted by Crippen LogP contribution is -2.43. The number of carboxylic acids is 1. The number of hydrogen-bond acceptors (Lipinski definition) is 4. The molecule has 0 unspecified atom stereocenters. The van der Waals surface area contributed by atoms with Gasteiger partial charge >= 0.3 is 5.97 Å². The van der Waals surface area contributed by atoms with Crippen LogP contribution in [0.25, 0.3) is 0 Å². The third-order valence-electron chi connectivity index (χ3n) is 3.65. The molecule has 0 aromatic carbocycles. The molecular formula is C13H25N3O3. The largest absolute Gasteiger partial charge is 0.481 e. The molecule has 110 valence electrons. The smallest absolute Gasteiger partial charge is 0.303 e. The maximum Gasteiger partial charge on any atom is 0.303 e. The Labute approximate surface area is 114 Å². The fourth-order valence-electron chi connectivity index (χ4n) is 2.42. The topological polar surface area (TPSA) is 95.7 Å². The molecule has 1 aliphatic rings. The van der Waals surface area contributed by atoms with Gasteiger partial charge in [0.1, 0.15) is 0 Å². The van der Waals surface area contributed by atoms with Gasteiger partial charge in [0.2, 0.25) is 5.91 Å². The van der Waals surface area contributed by atoms with Crippen LogP contribution in [0.2, 0.25) is 0 Å². The van der Waals surface area contributed by atoms with Crippen molar-refractivity contribution in [3.63, 3.8) is 0 Å². The SMILES string of the molecule is CN(CC(=O)NCCCC(=O)O)C1CCC(N)CC1. The zero-order valence-corrected chi connectivity index (χ0v) is 11.6. The average molecular weight is 271 g/mol. The minimum absolute atomic E-state index is 0.0391. The highest BCUT2D eigenvalue weighted by molar-refractivity contribution is 5.78. The minimum atomic E-state index is -0.829. The van der Waals surface area contributed by atoms with Crippen LogP contribution >= 0.6 is 0 Å². The number of carbonyl (C=O) groups excluding carboxylic acids is 1. The molecule has 19 heavy (non-hydrogen) atoms. The van der Waals surface area contributed by atoms with Gasteiger partial charge in [-0.15, -0.1) is 0 Å². The number of amides is 1. The molecule has 1 fully saturated rings. The van der Waals surface area contributed by atoms with Crippen molar-refractivity contribution in [2.75, 3.05) is 20.1 Å². The Morgan fingerprint density at radius 2 is 1.95 bits per heavy atom. The van der Waals surface area contributed by atoms with Gasteiger partial charge in [-0.2, -0.15) is 0 Å². The minimum Gasteiger partial charge on any atom is -0.481 e. The predicted molar refractivity (Wildman–Crippen MR) is 72.7 cm³/mol. The number of aliphatic carboxylic acids is 1. The predicted octanol–water partition coefficient (Wildman–Crippen LogP) is 0.169. The van der Waals surface area contributed by atoms with Gasteiger partial charge in [-0.25, -0.2) is 0 Å². The van der Waals surface area contributed by atoms with Crippen molar-refractivity contribution in [2.24, 2.45) is 5.73 Å². The van der Waals surface area contributed by atoms with Crippen LogP contribution in [-0.2, 0) is 9.59 Å². The lowest BCUT2D eigenvalue weighted by atomic mass is 9.91. The second-order valence-corrected chi connectivity index (χ2v) is 5.33. The number of nitrogens with zero attached hydrogens (tertiary/aromatic N) is 1. The number of hydrogen-bond donors (Lipinski definition) is 3. The van der Waals surface area contributed by atoms with E-state index in [1.165, 1.54) is 0 Å². The summed E-state index contributed by atoms with van der Waals surface area (Å²) in [5.41, 5.74) is 5.86. The van der Waals surface area contributed by atoms with E-state index >= 15 is 0 Å². The third kappa shape index (κ3) is 6.54. The Kier molecular flexibility index (Phi) is 6.80. The van der Waals surface area contributed by atoms with Crippen LogP contribution in [0, 0.1) is 0 Å². The summed E-state index contributed by atoms with van der Waals surface area (Å²) in [5.74, 6) is -0.868. The Bertz CT molecular complexity index is 302. The summed E-state index contributed by atoms with van der Waals surface area (Å²) >= 11 is 0. The van der Waals surface area contributed by atoms with Crippen molar-refractivity contribution in [1.82, 2.24) is 10.2 Å². The Morgan fingerprint density at radius 1 is 1.32 bits per heavy atom. The van der Waals surface area contributed by atoms with Gasteiger partial charge in [0.25, 0.3) is 0 Å². The number of rotatable bonds is 7. The van der Waals surface area contributed by atoms with E-state index in [9.17, 15) is 9.59 Å². The quantitative estimate of drug-likeness (QED) is 0.574. The second kappa shape index (κ2) is 8.12. The van der Waals surface area contributed by atoms with Gasteiger partial charge in [0.05, 0.1) is 6.54 Å². The van der Waals surface area contributed by atoms with Crippen molar-refractivity contribution >= 4 is 11.9 Å². The van der Waals surface area contributed by atoms with Crippen LogP contribution < -0.4 is 11.1 Å². The molecule has 0 aliphatic heterocycles. The van der Waals surface area contributed by atoms with Crippen molar-refractivity contribution in [1.29, 1.82) is 0 Å². The van der Waals surface area contributed by atoms with E-state index in [1.54, 1.807) is 0 Å². The summed E-state index contributed by atoms with van der Waals surface area (Å²) in [6.45, 7) is 0.793. The Hall–Kier alpha value is -1.14. The van der Waals surface area contributed by atoms with Crippen molar-refractivity contribution in [3.8, 4) is 0 Å². The van der Waals surface area contributed by atoms with Crippen molar-refractivity contribution in [2.45, 2.75) is 50.6 Å². The molecule has 4 N–H and O–H groups in total. The molecule has 1 amide bonds. The highest BCUT2D eigenvalue weighted by atomic mass is 16.4. The molecule has 0 radical (unpaired) electrons. The molecule has 0 heterocycles. The van der Waals surface area contributed by atoms with E-state index in [4.69, 9.17) is 10.8 Å². The molecule has 0 spiro atoms. The number of carbonyl (C=O) groups is 2. The molecule has 0 aromatic heterocycles. The molecule has 1 aliphatic carbocycles. The number of carboxylic acid groups (broad SMARTS) is 1. The van der Waals surface area contributed by atoms with Gasteiger partial charge in [-0.05, 0) is 39.2 Å². The van der Waals surface area contributed by atoms with Crippen molar-refractivity contribution < 1.29 is 14.7 Å². The van der Waals surface area contributed by atoms with Gasteiger partial charge in [0, 0.05) is 25.0 Å². The Balaban J connectivity index is 2.15. The van der Waals surface area contributed by atoms with Gasteiger partial charge < -0.3 is 16.2 Å². The fourth-order valence-corrected chi connectivity index (χ4v) is 2.42. The maximum absolute atomic E-state index is 11.7. The van der Waals surface area contributed by atoms with Crippen LogP contribution in [0.15, 0.2) is 0 Å². The van der Waals surface area contributed by atoms with Crippen LogP contribution in [0.1, 0.15) is 38.5 Å². The molecule has 0 bridgehead atoms. The summed E-state index contributed by atoms with van der Waals surface area (Å²) in [4.78, 5) is 24.1. The van der Waals surface area contributed by atoms with Crippen LogP contribution in [0.4, 0.5) is 0 Å². The van der Waals surface area contributed by atoms with Crippen LogP contribution in [0.3, 0.4) is 0 Å². The number of nitrogens with two attached hydrogens (primary N) is 1. The first-order chi connectivity index (χ1) is 8.99. The zero-order valence-electron chi connectivity index (χ0n) is 11.6. The monoisotopic (exact) mass is 271 g/mol. The highest BCUT2D eigenvalue weighted by Gasteiger charge is 2.22. The molecule has 6 nitrogen and oxygen atoms in total. The zero-order chi connectivity index (χ0) is 14.3. The molecule has 1 saturated carbocycles. The molecule has 0 aromatic rings. The molecule has 0 saturated heterocycles. The molecular weight excluding hydrogens is 246 g/mol. The first-order valence-corrected chi connectivity index (χ1v) is 6.93. The third-order valence-corrected chi connectivity index (χ3v) is 3.65. The number of likely N-dealkylation sites (N-methyl/N-ethyl adjacent to an activating group) is 1. The number of nitrogens with one attached hydrogen (secondary N) is 1. The normalized spacial score (nSPS) is 23.3. The lowest BCUT2D eigenvalue weighted by Gasteiger charge is -2.33. The standard InChI is InChI=1S/C13H25N3O3/c1-16(11-6-4-10(14)5-7-11)9-12(17)15-8-2-3-13(18)19/h10-11H,2-9,14H2,1H3,(H,15,17)(H,18,19). The summed E-state index contributed by atoms with van der Waals surface area (Å²) in [6, 6.07) is 0.749. The van der Waals surface area contributed by atoms with E-state index < -0.39 is 5.97 Å². The first-order valence-electron chi connectivity index (χ1n) is 6.93.